The maximum absolute atomic E-state index is 5.39. The minimum absolute atomic E-state index is 0.812. The molecular weight excluding hydrogens is 126 g/mol. The van der Waals surface area contributed by atoms with Crippen LogP contribution in [0.4, 0.5) is 0 Å². The van der Waals surface area contributed by atoms with Crippen LogP contribution in [0.25, 0.3) is 0 Å². The molecule has 1 aliphatic rings. The van der Waals surface area contributed by atoms with Crippen LogP contribution < -0.4 is 0 Å². The molecular formula is C8H17NO. The number of rotatable bonds is 2. The zero-order valence-corrected chi connectivity index (χ0v) is 6.97. The first-order valence-electron chi connectivity index (χ1n) is 4.20. The van der Waals surface area contributed by atoms with E-state index < -0.39 is 0 Å². The molecule has 0 N–H and O–H groups in total. The SMILES string of the molecule is CCON1CCCC(C)C1. The fourth-order valence-corrected chi connectivity index (χ4v) is 1.45. The van der Waals surface area contributed by atoms with Gasteiger partial charge in [0.1, 0.15) is 0 Å². The first-order valence-corrected chi connectivity index (χ1v) is 4.20. The quantitative estimate of drug-likeness (QED) is 0.583. The van der Waals surface area contributed by atoms with E-state index in [1.54, 1.807) is 0 Å². The van der Waals surface area contributed by atoms with Crippen LogP contribution in [0.2, 0.25) is 0 Å². The van der Waals surface area contributed by atoms with Gasteiger partial charge in [-0.2, -0.15) is 5.06 Å². The molecule has 0 aromatic rings. The molecule has 0 amide bonds. The summed E-state index contributed by atoms with van der Waals surface area (Å²) in [5, 5.41) is 2.09. The van der Waals surface area contributed by atoms with Crippen molar-refractivity contribution in [3.05, 3.63) is 0 Å². The molecule has 0 bridgehead atoms. The molecule has 1 heterocycles. The molecule has 0 aliphatic carbocycles. The van der Waals surface area contributed by atoms with Gasteiger partial charge in [0.15, 0.2) is 0 Å². The number of piperidine rings is 1. The van der Waals surface area contributed by atoms with Gasteiger partial charge in [-0.05, 0) is 25.7 Å². The van der Waals surface area contributed by atoms with Crippen LogP contribution >= 0.6 is 0 Å². The van der Waals surface area contributed by atoms with Crippen molar-refractivity contribution in [2.75, 3.05) is 19.7 Å². The van der Waals surface area contributed by atoms with Gasteiger partial charge in [-0.25, -0.2) is 0 Å². The van der Waals surface area contributed by atoms with E-state index in [1.165, 1.54) is 12.8 Å². The fourth-order valence-electron chi connectivity index (χ4n) is 1.45. The number of hydrogen-bond donors (Lipinski definition) is 0. The summed E-state index contributed by atoms with van der Waals surface area (Å²) < 4.78 is 0. The average molecular weight is 143 g/mol. The molecule has 2 heteroatoms. The summed E-state index contributed by atoms with van der Waals surface area (Å²) in [5.41, 5.74) is 0. The lowest BCUT2D eigenvalue weighted by molar-refractivity contribution is -0.172. The summed E-state index contributed by atoms with van der Waals surface area (Å²) in [5.74, 6) is 0.820. The van der Waals surface area contributed by atoms with Crippen LogP contribution in [0.3, 0.4) is 0 Å². The second-order valence-corrected chi connectivity index (χ2v) is 3.05. The Morgan fingerprint density at radius 1 is 1.60 bits per heavy atom. The Labute approximate surface area is 63.1 Å². The van der Waals surface area contributed by atoms with E-state index in [0.29, 0.717) is 0 Å². The minimum Gasteiger partial charge on any atom is -0.299 e. The molecule has 10 heavy (non-hydrogen) atoms. The zero-order chi connectivity index (χ0) is 7.40. The van der Waals surface area contributed by atoms with Crippen molar-refractivity contribution in [3.63, 3.8) is 0 Å². The maximum Gasteiger partial charge on any atom is 0.0656 e. The van der Waals surface area contributed by atoms with Crippen molar-refractivity contribution in [3.8, 4) is 0 Å². The minimum atomic E-state index is 0.812. The number of hydroxylamine groups is 2. The van der Waals surface area contributed by atoms with Crippen molar-refractivity contribution in [2.45, 2.75) is 26.7 Å². The van der Waals surface area contributed by atoms with E-state index in [0.717, 1.165) is 25.6 Å². The Hall–Kier alpha value is -0.0800. The molecule has 0 radical (unpaired) electrons. The van der Waals surface area contributed by atoms with Crippen molar-refractivity contribution in [1.82, 2.24) is 5.06 Å². The molecule has 1 rings (SSSR count). The largest absolute Gasteiger partial charge is 0.299 e. The lowest BCUT2D eigenvalue weighted by Gasteiger charge is -2.29. The molecule has 1 unspecified atom stereocenters. The van der Waals surface area contributed by atoms with Gasteiger partial charge in [-0.15, -0.1) is 0 Å². The molecule has 60 valence electrons. The third kappa shape index (κ3) is 2.27. The first-order chi connectivity index (χ1) is 4.83. The molecule has 0 aromatic heterocycles. The van der Waals surface area contributed by atoms with Crippen LogP contribution in [0.5, 0.6) is 0 Å². The van der Waals surface area contributed by atoms with E-state index in [9.17, 15) is 0 Å². The van der Waals surface area contributed by atoms with Gasteiger partial charge in [0.05, 0.1) is 6.61 Å². The molecule has 1 aliphatic heterocycles. The fraction of sp³-hybridized carbons (Fsp3) is 1.00. The van der Waals surface area contributed by atoms with Crippen LogP contribution in [0.1, 0.15) is 26.7 Å². The molecule has 0 spiro atoms. The molecule has 2 nitrogen and oxygen atoms in total. The van der Waals surface area contributed by atoms with Gasteiger partial charge < -0.3 is 0 Å². The maximum atomic E-state index is 5.39. The standard InChI is InChI=1S/C8H17NO/c1-3-10-9-6-4-5-8(2)7-9/h8H,3-7H2,1-2H3. The Morgan fingerprint density at radius 3 is 3.00 bits per heavy atom. The van der Waals surface area contributed by atoms with E-state index in [4.69, 9.17) is 4.84 Å². The van der Waals surface area contributed by atoms with Crippen LogP contribution in [0, 0.1) is 5.92 Å². The summed E-state index contributed by atoms with van der Waals surface area (Å²) in [6.07, 6.45) is 2.66. The lowest BCUT2D eigenvalue weighted by atomic mass is 10.0. The summed E-state index contributed by atoms with van der Waals surface area (Å²) in [6.45, 7) is 7.38. The number of hydrogen-bond acceptors (Lipinski definition) is 2. The predicted molar refractivity (Wildman–Crippen MR) is 41.6 cm³/mol. The summed E-state index contributed by atoms with van der Waals surface area (Å²) >= 11 is 0. The van der Waals surface area contributed by atoms with E-state index >= 15 is 0 Å². The third-order valence-corrected chi connectivity index (χ3v) is 1.93. The lowest BCUT2D eigenvalue weighted by Crippen LogP contribution is -2.34. The van der Waals surface area contributed by atoms with Crippen molar-refractivity contribution >= 4 is 0 Å². The third-order valence-electron chi connectivity index (χ3n) is 1.93. The number of nitrogens with zero attached hydrogens (tertiary/aromatic N) is 1. The van der Waals surface area contributed by atoms with E-state index in [1.807, 2.05) is 6.92 Å². The smallest absolute Gasteiger partial charge is 0.0656 e. The summed E-state index contributed by atoms with van der Waals surface area (Å²) in [4.78, 5) is 5.39. The first kappa shape index (κ1) is 8.02. The normalized spacial score (nSPS) is 28.8. The van der Waals surface area contributed by atoms with E-state index in [2.05, 4.69) is 12.0 Å². The Kier molecular flexibility index (Phi) is 3.16. The van der Waals surface area contributed by atoms with Gasteiger partial charge >= 0.3 is 0 Å². The van der Waals surface area contributed by atoms with Gasteiger partial charge in [0.25, 0.3) is 0 Å². The Balaban J connectivity index is 2.18. The zero-order valence-electron chi connectivity index (χ0n) is 6.97. The van der Waals surface area contributed by atoms with Gasteiger partial charge in [0, 0.05) is 13.1 Å². The average Bonchev–Trinajstić information content (AvgIpc) is 1.88. The highest BCUT2D eigenvalue weighted by molar-refractivity contribution is 4.63. The van der Waals surface area contributed by atoms with Gasteiger partial charge in [-0.1, -0.05) is 6.92 Å². The van der Waals surface area contributed by atoms with Crippen LogP contribution in [0.15, 0.2) is 0 Å². The molecule has 1 saturated heterocycles. The summed E-state index contributed by atoms with van der Waals surface area (Å²) in [7, 11) is 0. The topological polar surface area (TPSA) is 12.5 Å². The highest BCUT2D eigenvalue weighted by Crippen LogP contribution is 2.14. The Bertz CT molecular complexity index is 93.3. The van der Waals surface area contributed by atoms with Crippen molar-refractivity contribution in [2.24, 2.45) is 5.92 Å². The highest BCUT2D eigenvalue weighted by atomic mass is 16.7. The molecule has 1 atom stereocenters. The second kappa shape index (κ2) is 3.94. The van der Waals surface area contributed by atoms with Crippen molar-refractivity contribution in [1.29, 1.82) is 0 Å². The van der Waals surface area contributed by atoms with Crippen LogP contribution in [-0.4, -0.2) is 24.8 Å². The van der Waals surface area contributed by atoms with E-state index in [-0.39, 0.29) is 0 Å². The van der Waals surface area contributed by atoms with Crippen LogP contribution in [-0.2, 0) is 4.84 Å². The summed E-state index contributed by atoms with van der Waals surface area (Å²) in [6, 6.07) is 0. The Morgan fingerprint density at radius 2 is 2.40 bits per heavy atom. The van der Waals surface area contributed by atoms with Gasteiger partial charge in [0.2, 0.25) is 0 Å². The molecule has 0 saturated carbocycles. The monoisotopic (exact) mass is 143 g/mol. The molecule has 0 aromatic carbocycles. The highest BCUT2D eigenvalue weighted by Gasteiger charge is 2.15. The second-order valence-electron chi connectivity index (χ2n) is 3.05. The molecule has 1 fully saturated rings. The van der Waals surface area contributed by atoms with Crippen molar-refractivity contribution < 1.29 is 4.84 Å². The van der Waals surface area contributed by atoms with Gasteiger partial charge in [-0.3, -0.25) is 4.84 Å². The predicted octanol–water partition coefficient (Wildman–Crippen LogP) is 1.67.